The molecule has 0 aromatic heterocycles. The number of rotatable bonds is 5. The van der Waals surface area contributed by atoms with Crippen LogP contribution in [0.15, 0.2) is 36.4 Å². The Bertz CT molecular complexity index is 582. The highest BCUT2D eigenvalue weighted by atomic mass is 127. The third-order valence-electron chi connectivity index (χ3n) is 3.17. The van der Waals surface area contributed by atoms with Crippen LogP contribution in [0.3, 0.4) is 0 Å². The Morgan fingerprint density at radius 3 is 2.45 bits per heavy atom. The number of phenolic OH excluding ortho intramolecular Hbond substituents is 1. The molecule has 2 rings (SSSR count). The van der Waals surface area contributed by atoms with Crippen LogP contribution in [-0.4, -0.2) is 12.2 Å². The Kier molecular flexibility index (Phi) is 5.11. The minimum absolute atomic E-state index is 0.198. The lowest BCUT2D eigenvalue weighted by atomic mass is 10.1. The first-order valence-corrected chi connectivity index (χ1v) is 7.60. The van der Waals surface area contributed by atoms with Gasteiger partial charge in [-0.1, -0.05) is 19.1 Å². The van der Waals surface area contributed by atoms with E-state index in [1.807, 2.05) is 12.1 Å². The number of methoxy groups -OCH3 is 1. The van der Waals surface area contributed by atoms with Crippen LogP contribution in [0.25, 0.3) is 0 Å². The van der Waals surface area contributed by atoms with Crippen LogP contribution in [-0.2, 0) is 13.0 Å². The van der Waals surface area contributed by atoms with Crippen LogP contribution in [0, 0.1) is 3.57 Å². The van der Waals surface area contributed by atoms with Gasteiger partial charge in [-0.3, -0.25) is 0 Å². The normalized spacial score (nSPS) is 10.3. The summed E-state index contributed by atoms with van der Waals surface area (Å²) in [7, 11) is 1.56. The highest BCUT2D eigenvalue weighted by Gasteiger charge is 2.08. The molecule has 20 heavy (non-hydrogen) atoms. The second-order valence-electron chi connectivity index (χ2n) is 4.53. The molecule has 0 amide bonds. The molecular weight excluding hydrogens is 365 g/mol. The van der Waals surface area contributed by atoms with Crippen LogP contribution in [0.2, 0.25) is 0 Å². The number of anilines is 1. The van der Waals surface area contributed by atoms with Crippen molar-refractivity contribution in [3.63, 3.8) is 0 Å². The molecule has 2 aromatic carbocycles. The molecule has 4 heteroatoms. The predicted octanol–water partition coefficient (Wildman–Crippen LogP) is 4.18. The minimum atomic E-state index is 0.198. The second-order valence-corrected chi connectivity index (χ2v) is 5.69. The van der Waals surface area contributed by atoms with E-state index in [2.05, 4.69) is 59.1 Å². The van der Waals surface area contributed by atoms with Crippen LogP contribution >= 0.6 is 22.6 Å². The number of hydrogen-bond acceptors (Lipinski definition) is 3. The molecule has 0 unspecified atom stereocenters. The molecule has 0 atom stereocenters. The molecule has 2 aromatic rings. The molecular formula is C16H18INO2. The number of hydrogen-bond donors (Lipinski definition) is 2. The van der Waals surface area contributed by atoms with Crippen LogP contribution in [0.4, 0.5) is 5.69 Å². The first-order chi connectivity index (χ1) is 9.63. The lowest BCUT2D eigenvalue weighted by Crippen LogP contribution is -2.00. The fraction of sp³-hybridized carbons (Fsp3) is 0.250. The van der Waals surface area contributed by atoms with Crippen molar-refractivity contribution in [1.29, 1.82) is 0 Å². The van der Waals surface area contributed by atoms with Gasteiger partial charge in [0.15, 0.2) is 11.5 Å². The van der Waals surface area contributed by atoms with Crippen LogP contribution < -0.4 is 10.1 Å². The molecule has 0 aliphatic carbocycles. The number of ether oxygens (including phenoxy) is 1. The largest absolute Gasteiger partial charge is 0.504 e. The summed E-state index contributed by atoms with van der Waals surface area (Å²) in [4.78, 5) is 0. The lowest BCUT2D eigenvalue weighted by Gasteiger charge is -2.11. The summed E-state index contributed by atoms with van der Waals surface area (Å²) in [5, 5.41) is 13.2. The van der Waals surface area contributed by atoms with Gasteiger partial charge in [0.05, 0.1) is 10.7 Å². The topological polar surface area (TPSA) is 41.5 Å². The van der Waals surface area contributed by atoms with Crippen molar-refractivity contribution in [2.45, 2.75) is 19.9 Å². The third kappa shape index (κ3) is 3.56. The molecule has 0 aliphatic rings. The van der Waals surface area contributed by atoms with Crippen molar-refractivity contribution in [3.8, 4) is 11.5 Å². The van der Waals surface area contributed by atoms with E-state index in [0.29, 0.717) is 12.3 Å². The smallest absolute Gasteiger partial charge is 0.171 e. The fourth-order valence-electron chi connectivity index (χ4n) is 1.95. The molecule has 0 saturated heterocycles. The molecule has 0 fully saturated rings. The average molecular weight is 383 g/mol. The van der Waals surface area contributed by atoms with Crippen molar-refractivity contribution < 1.29 is 9.84 Å². The van der Waals surface area contributed by atoms with Crippen molar-refractivity contribution >= 4 is 28.3 Å². The Morgan fingerprint density at radius 1 is 1.15 bits per heavy atom. The van der Waals surface area contributed by atoms with Gasteiger partial charge in [-0.05, 0) is 64.4 Å². The predicted molar refractivity (Wildman–Crippen MR) is 90.5 cm³/mol. The van der Waals surface area contributed by atoms with Crippen molar-refractivity contribution in [1.82, 2.24) is 0 Å². The average Bonchev–Trinajstić information content (AvgIpc) is 2.48. The number of halogens is 1. The minimum Gasteiger partial charge on any atom is -0.504 e. The monoisotopic (exact) mass is 383 g/mol. The van der Waals surface area contributed by atoms with Crippen molar-refractivity contribution in [2.24, 2.45) is 0 Å². The van der Waals surface area contributed by atoms with E-state index in [1.54, 1.807) is 7.11 Å². The summed E-state index contributed by atoms with van der Waals surface area (Å²) < 4.78 is 5.96. The van der Waals surface area contributed by atoms with E-state index in [9.17, 15) is 5.11 Å². The maximum absolute atomic E-state index is 9.81. The van der Waals surface area contributed by atoms with Gasteiger partial charge >= 0.3 is 0 Å². The molecule has 0 spiro atoms. The summed E-state index contributed by atoms with van der Waals surface area (Å²) in [6.07, 6.45) is 1.05. The first-order valence-electron chi connectivity index (χ1n) is 6.52. The molecule has 3 nitrogen and oxygen atoms in total. The summed E-state index contributed by atoms with van der Waals surface area (Å²) in [6.45, 7) is 2.84. The summed E-state index contributed by atoms with van der Waals surface area (Å²) in [5.74, 6) is 0.708. The first kappa shape index (κ1) is 15.0. The van der Waals surface area contributed by atoms with E-state index in [4.69, 9.17) is 4.74 Å². The summed E-state index contributed by atoms with van der Waals surface area (Å²) in [6, 6.07) is 12.2. The number of phenols is 1. The molecule has 0 bridgehead atoms. The van der Waals surface area contributed by atoms with Crippen LogP contribution in [0.5, 0.6) is 11.5 Å². The van der Waals surface area contributed by atoms with E-state index >= 15 is 0 Å². The Morgan fingerprint density at radius 2 is 1.85 bits per heavy atom. The van der Waals surface area contributed by atoms with E-state index in [0.717, 1.165) is 21.2 Å². The van der Waals surface area contributed by atoms with Gasteiger partial charge in [0.25, 0.3) is 0 Å². The van der Waals surface area contributed by atoms with Gasteiger partial charge in [-0.15, -0.1) is 0 Å². The lowest BCUT2D eigenvalue weighted by molar-refractivity contribution is 0.371. The zero-order valence-corrected chi connectivity index (χ0v) is 13.8. The van der Waals surface area contributed by atoms with Crippen molar-refractivity contribution in [3.05, 3.63) is 51.1 Å². The zero-order valence-electron chi connectivity index (χ0n) is 11.6. The third-order valence-corrected chi connectivity index (χ3v) is 3.99. The number of nitrogens with one attached hydrogen (secondary N) is 1. The van der Waals surface area contributed by atoms with Crippen molar-refractivity contribution in [2.75, 3.05) is 12.4 Å². The van der Waals surface area contributed by atoms with E-state index in [-0.39, 0.29) is 5.75 Å². The summed E-state index contributed by atoms with van der Waals surface area (Å²) in [5.41, 5.74) is 3.49. The van der Waals surface area contributed by atoms with Gasteiger partial charge in [0.2, 0.25) is 0 Å². The zero-order chi connectivity index (χ0) is 14.5. The Labute approximate surface area is 133 Å². The van der Waals surface area contributed by atoms with Gasteiger partial charge in [0, 0.05) is 12.2 Å². The second kappa shape index (κ2) is 6.83. The number of benzene rings is 2. The van der Waals surface area contributed by atoms with Crippen LogP contribution in [0.1, 0.15) is 18.1 Å². The molecule has 106 valence electrons. The SMILES string of the molecule is CCc1ccc(NCc2cc(I)c(O)c(OC)c2)cc1. The van der Waals surface area contributed by atoms with E-state index in [1.165, 1.54) is 5.56 Å². The molecule has 0 radical (unpaired) electrons. The van der Waals surface area contributed by atoms with Gasteiger partial charge in [0.1, 0.15) is 0 Å². The van der Waals surface area contributed by atoms with Gasteiger partial charge < -0.3 is 15.2 Å². The molecule has 0 heterocycles. The number of aromatic hydroxyl groups is 1. The molecule has 0 aliphatic heterocycles. The number of aryl methyl sites for hydroxylation is 1. The summed E-state index contributed by atoms with van der Waals surface area (Å²) >= 11 is 2.10. The maximum atomic E-state index is 9.81. The maximum Gasteiger partial charge on any atom is 0.171 e. The molecule has 0 saturated carbocycles. The standard InChI is InChI=1S/C16H18INO2/c1-3-11-4-6-13(7-5-11)18-10-12-8-14(17)16(19)15(9-12)20-2/h4-9,18-19H,3,10H2,1-2H3. The van der Waals surface area contributed by atoms with Gasteiger partial charge in [-0.2, -0.15) is 0 Å². The van der Waals surface area contributed by atoms with E-state index < -0.39 is 0 Å². The fourth-order valence-corrected chi connectivity index (χ4v) is 2.61. The quantitative estimate of drug-likeness (QED) is 0.762. The molecule has 2 N–H and O–H groups in total. The highest BCUT2D eigenvalue weighted by molar-refractivity contribution is 14.1. The Hall–Kier alpha value is -1.43. The van der Waals surface area contributed by atoms with Gasteiger partial charge in [-0.25, -0.2) is 0 Å². The Balaban J connectivity index is 2.08. The highest BCUT2D eigenvalue weighted by Crippen LogP contribution is 2.32.